The molecule has 108 valence electrons. The van der Waals surface area contributed by atoms with Gasteiger partial charge in [0, 0.05) is 11.1 Å². The summed E-state index contributed by atoms with van der Waals surface area (Å²) in [7, 11) is 0. The van der Waals surface area contributed by atoms with E-state index < -0.39 is 17.7 Å². The molecular formula is C11H7F3N6O. The van der Waals surface area contributed by atoms with E-state index in [1.165, 1.54) is 30.5 Å². The van der Waals surface area contributed by atoms with E-state index in [0.29, 0.717) is 0 Å². The van der Waals surface area contributed by atoms with Crippen LogP contribution in [0.3, 0.4) is 0 Å². The van der Waals surface area contributed by atoms with Gasteiger partial charge < -0.3 is 5.32 Å². The number of anilines is 1. The number of aromatic nitrogens is 3. The van der Waals surface area contributed by atoms with Crippen LogP contribution >= 0.6 is 0 Å². The molecule has 0 spiro atoms. The standard InChI is InChI=1S/C11H7F3N6O/c12-11(13,14)10(18-19-10)7-3-1-6(2-4-7)9(21)16-8-5-15-20-17-8/h1-5H,(H2,15,16,17,20,21). The van der Waals surface area contributed by atoms with Crippen molar-refractivity contribution in [3.05, 3.63) is 41.6 Å². The van der Waals surface area contributed by atoms with Crippen molar-refractivity contribution in [1.82, 2.24) is 15.4 Å². The molecule has 0 radical (unpaired) electrons. The summed E-state index contributed by atoms with van der Waals surface area (Å²) >= 11 is 0. The summed E-state index contributed by atoms with van der Waals surface area (Å²) in [6.45, 7) is 0. The van der Waals surface area contributed by atoms with Crippen LogP contribution in [-0.2, 0) is 5.66 Å². The van der Waals surface area contributed by atoms with Crippen molar-refractivity contribution >= 4 is 11.7 Å². The Hall–Kier alpha value is -2.78. The first-order valence-electron chi connectivity index (χ1n) is 5.71. The predicted molar refractivity (Wildman–Crippen MR) is 63.4 cm³/mol. The molecule has 2 N–H and O–H groups in total. The minimum absolute atomic E-state index is 0.131. The fourth-order valence-electron chi connectivity index (χ4n) is 1.75. The summed E-state index contributed by atoms with van der Waals surface area (Å²) in [6, 6.07) is 4.87. The molecule has 1 aromatic carbocycles. The molecule has 2 aromatic rings. The Morgan fingerprint density at radius 3 is 2.33 bits per heavy atom. The van der Waals surface area contributed by atoms with Gasteiger partial charge in [-0.05, 0) is 12.1 Å². The molecule has 0 saturated carbocycles. The monoisotopic (exact) mass is 296 g/mol. The van der Waals surface area contributed by atoms with Gasteiger partial charge in [-0.2, -0.15) is 23.5 Å². The maximum atomic E-state index is 12.8. The molecule has 1 aromatic heterocycles. The number of rotatable bonds is 3. The molecule has 0 fully saturated rings. The quantitative estimate of drug-likeness (QED) is 0.909. The summed E-state index contributed by atoms with van der Waals surface area (Å²) in [5, 5.41) is 18.1. The Morgan fingerprint density at radius 2 is 1.86 bits per heavy atom. The van der Waals surface area contributed by atoms with Crippen molar-refractivity contribution in [2.24, 2.45) is 10.2 Å². The molecule has 0 aliphatic carbocycles. The zero-order chi connectivity index (χ0) is 15.1. The van der Waals surface area contributed by atoms with Crippen molar-refractivity contribution in [3.63, 3.8) is 0 Å². The maximum Gasteiger partial charge on any atom is 0.442 e. The Morgan fingerprint density at radius 1 is 1.19 bits per heavy atom. The first-order chi connectivity index (χ1) is 9.92. The highest BCUT2D eigenvalue weighted by atomic mass is 19.4. The molecule has 10 heteroatoms. The predicted octanol–water partition coefficient (Wildman–Crippen LogP) is 2.24. The third kappa shape index (κ3) is 2.24. The van der Waals surface area contributed by atoms with Crippen LogP contribution in [0.1, 0.15) is 15.9 Å². The largest absolute Gasteiger partial charge is 0.442 e. The molecule has 1 aliphatic rings. The minimum atomic E-state index is -4.59. The summed E-state index contributed by atoms with van der Waals surface area (Å²) in [5.74, 6) is -0.302. The van der Waals surface area contributed by atoms with Crippen molar-refractivity contribution < 1.29 is 18.0 Å². The van der Waals surface area contributed by atoms with Crippen molar-refractivity contribution in [1.29, 1.82) is 0 Å². The number of carbonyl (C=O) groups is 1. The fourth-order valence-corrected chi connectivity index (χ4v) is 1.75. The SMILES string of the molecule is O=C(Nc1cn[nH]n1)c1ccc(C2(C(F)(F)F)N=N2)cc1. The van der Waals surface area contributed by atoms with E-state index >= 15 is 0 Å². The smallest absolute Gasteiger partial charge is 0.304 e. The number of hydrogen-bond acceptors (Lipinski definition) is 5. The lowest BCUT2D eigenvalue weighted by Crippen LogP contribution is -2.30. The van der Waals surface area contributed by atoms with Crippen LogP contribution in [0.4, 0.5) is 19.0 Å². The second kappa shape index (κ2) is 4.36. The Kier molecular flexibility index (Phi) is 2.75. The number of nitrogens with zero attached hydrogens (tertiary/aromatic N) is 4. The van der Waals surface area contributed by atoms with Crippen LogP contribution in [0.2, 0.25) is 0 Å². The van der Waals surface area contributed by atoms with Crippen LogP contribution in [-0.4, -0.2) is 27.5 Å². The maximum absolute atomic E-state index is 12.8. The molecule has 0 saturated heterocycles. The first-order valence-corrected chi connectivity index (χ1v) is 5.71. The number of aromatic amines is 1. The lowest BCUT2D eigenvalue weighted by Gasteiger charge is -2.14. The molecule has 7 nitrogen and oxygen atoms in total. The van der Waals surface area contributed by atoms with Crippen LogP contribution in [0.25, 0.3) is 0 Å². The number of carbonyl (C=O) groups excluding carboxylic acids is 1. The summed E-state index contributed by atoms with van der Waals surface area (Å²) < 4.78 is 38.4. The molecular weight excluding hydrogens is 289 g/mol. The molecule has 1 aliphatic heterocycles. The Balaban J connectivity index is 1.77. The second-order valence-electron chi connectivity index (χ2n) is 4.26. The van der Waals surface area contributed by atoms with Gasteiger partial charge in [-0.1, -0.05) is 12.1 Å². The van der Waals surface area contributed by atoms with Crippen molar-refractivity contribution in [3.8, 4) is 0 Å². The normalized spacial score (nSPS) is 15.8. The molecule has 21 heavy (non-hydrogen) atoms. The number of halogens is 3. The highest BCUT2D eigenvalue weighted by molar-refractivity contribution is 6.03. The third-order valence-corrected chi connectivity index (χ3v) is 2.90. The third-order valence-electron chi connectivity index (χ3n) is 2.90. The topological polar surface area (TPSA) is 95.4 Å². The van der Waals surface area contributed by atoms with Gasteiger partial charge in [0.1, 0.15) is 0 Å². The van der Waals surface area contributed by atoms with Gasteiger partial charge in [-0.25, -0.2) is 0 Å². The van der Waals surface area contributed by atoms with E-state index in [1.54, 1.807) is 0 Å². The Labute approximate surface area is 115 Å². The molecule has 1 amide bonds. The summed E-state index contributed by atoms with van der Waals surface area (Å²) in [5.41, 5.74) is -2.43. The average Bonchev–Trinajstić information content (AvgIpc) is 3.12. The van der Waals surface area contributed by atoms with Gasteiger partial charge in [-0.15, -0.1) is 15.3 Å². The molecule has 0 atom stereocenters. The van der Waals surface area contributed by atoms with Gasteiger partial charge >= 0.3 is 11.8 Å². The zero-order valence-corrected chi connectivity index (χ0v) is 10.2. The lowest BCUT2D eigenvalue weighted by atomic mass is 10.0. The first kappa shape index (κ1) is 13.2. The molecule has 0 unspecified atom stereocenters. The average molecular weight is 296 g/mol. The van der Waals surface area contributed by atoms with E-state index in [4.69, 9.17) is 0 Å². The number of benzene rings is 1. The van der Waals surface area contributed by atoms with Gasteiger partial charge in [0.05, 0.1) is 6.20 Å². The zero-order valence-electron chi connectivity index (χ0n) is 10.2. The van der Waals surface area contributed by atoms with Crippen LogP contribution in [0.15, 0.2) is 40.7 Å². The molecule has 0 bridgehead atoms. The summed E-state index contributed by atoms with van der Waals surface area (Å²) in [4.78, 5) is 11.8. The van der Waals surface area contributed by atoms with Crippen molar-refractivity contribution in [2.45, 2.75) is 11.8 Å². The number of H-pyrrole nitrogens is 1. The Bertz CT molecular complexity index is 686. The van der Waals surface area contributed by atoms with Gasteiger partial charge in [0.25, 0.3) is 5.91 Å². The van der Waals surface area contributed by atoms with E-state index in [0.717, 1.165) is 0 Å². The highest BCUT2D eigenvalue weighted by Crippen LogP contribution is 2.52. The van der Waals surface area contributed by atoms with Gasteiger partial charge in [0.2, 0.25) is 0 Å². The number of amides is 1. The van der Waals surface area contributed by atoms with E-state index in [2.05, 4.69) is 31.0 Å². The van der Waals surface area contributed by atoms with E-state index in [-0.39, 0.29) is 16.9 Å². The second-order valence-corrected chi connectivity index (χ2v) is 4.26. The number of alkyl halides is 3. The van der Waals surface area contributed by atoms with E-state index in [1.807, 2.05) is 0 Å². The highest BCUT2D eigenvalue weighted by Gasteiger charge is 2.65. The van der Waals surface area contributed by atoms with Crippen LogP contribution in [0.5, 0.6) is 0 Å². The van der Waals surface area contributed by atoms with Gasteiger partial charge in [0.15, 0.2) is 5.82 Å². The number of nitrogens with one attached hydrogen (secondary N) is 2. The van der Waals surface area contributed by atoms with Gasteiger partial charge in [-0.3, -0.25) is 4.79 Å². The number of hydrogen-bond donors (Lipinski definition) is 2. The summed E-state index contributed by atoms with van der Waals surface area (Å²) in [6.07, 6.45) is -3.29. The van der Waals surface area contributed by atoms with Crippen molar-refractivity contribution in [2.75, 3.05) is 5.32 Å². The fraction of sp³-hybridized carbons (Fsp3) is 0.182. The lowest BCUT2D eigenvalue weighted by molar-refractivity contribution is -0.166. The van der Waals surface area contributed by atoms with Crippen LogP contribution in [0, 0.1) is 0 Å². The van der Waals surface area contributed by atoms with E-state index in [9.17, 15) is 18.0 Å². The minimum Gasteiger partial charge on any atom is -0.304 e. The van der Waals surface area contributed by atoms with Crippen LogP contribution < -0.4 is 5.32 Å². The molecule has 2 heterocycles. The molecule has 3 rings (SSSR count).